The maximum absolute atomic E-state index is 10.8. The molecule has 2 aromatic rings. The normalized spacial score (nSPS) is 10.6. The van der Waals surface area contributed by atoms with E-state index in [2.05, 4.69) is 4.98 Å². The van der Waals surface area contributed by atoms with E-state index < -0.39 is 5.97 Å². The van der Waals surface area contributed by atoms with Gasteiger partial charge in [-0.05, 0) is 31.5 Å². The van der Waals surface area contributed by atoms with Crippen LogP contribution in [0.3, 0.4) is 0 Å². The Morgan fingerprint density at radius 1 is 1.44 bits per heavy atom. The fourth-order valence-corrected chi connectivity index (χ4v) is 1.94. The minimum atomic E-state index is -0.974. The van der Waals surface area contributed by atoms with Crippen LogP contribution in [0.1, 0.15) is 27.3 Å². The highest BCUT2D eigenvalue weighted by molar-refractivity contribution is 6.31. The maximum atomic E-state index is 10.8. The fourth-order valence-electron chi connectivity index (χ4n) is 1.70. The van der Waals surface area contributed by atoms with Crippen LogP contribution in [-0.2, 0) is 6.54 Å². The first-order valence-electron chi connectivity index (χ1n) is 5.49. The predicted octanol–water partition coefficient (Wildman–Crippen LogP) is 2.90. The van der Waals surface area contributed by atoms with Crippen LogP contribution < -0.4 is 0 Å². The lowest BCUT2D eigenvalue weighted by atomic mass is 10.1. The molecule has 1 aromatic carbocycles. The standard InChI is InChI=1S/C13H13ClN2O2/c1-8-9(2)16(7-15-8)6-11-4-3-10(13(17)18)5-12(11)14/h3-5,7H,6H2,1-2H3,(H,17,18). The molecule has 0 unspecified atom stereocenters. The maximum Gasteiger partial charge on any atom is 0.335 e. The molecule has 1 aromatic heterocycles. The summed E-state index contributed by atoms with van der Waals surface area (Å²) in [5, 5.41) is 9.32. The molecule has 1 heterocycles. The molecule has 0 amide bonds. The van der Waals surface area contributed by atoms with E-state index in [1.54, 1.807) is 18.5 Å². The van der Waals surface area contributed by atoms with Crippen LogP contribution in [0.5, 0.6) is 0 Å². The van der Waals surface area contributed by atoms with Gasteiger partial charge in [-0.3, -0.25) is 0 Å². The molecule has 0 saturated carbocycles. The van der Waals surface area contributed by atoms with Gasteiger partial charge < -0.3 is 9.67 Å². The smallest absolute Gasteiger partial charge is 0.335 e. The Labute approximate surface area is 110 Å². The molecule has 4 nitrogen and oxygen atoms in total. The Bertz CT molecular complexity index is 605. The number of hydrogen-bond donors (Lipinski definition) is 1. The van der Waals surface area contributed by atoms with Gasteiger partial charge in [0.05, 0.1) is 24.1 Å². The number of rotatable bonds is 3. The van der Waals surface area contributed by atoms with Gasteiger partial charge in [-0.15, -0.1) is 0 Å². The van der Waals surface area contributed by atoms with E-state index in [9.17, 15) is 4.79 Å². The summed E-state index contributed by atoms with van der Waals surface area (Å²) in [7, 11) is 0. The molecule has 0 bridgehead atoms. The monoisotopic (exact) mass is 264 g/mol. The molecule has 0 spiro atoms. The third kappa shape index (κ3) is 2.38. The van der Waals surface area contributed by atoms with Gasteiger partial charge >= 0.3 is 5.97 Å². The number of aromatic nitrogens is 2. The first kappa shape index (κ1) is 12.6. The Kier molecular flexibility index (Phi) is 3.39. The molecule has 18 heavy (non-hydrogen) atoms. The van der Waals surface area contributed by atoms with Crippen molar-refractivity contribution in [3.05, 3.63) is 52.1 Å². The number of aromatic carboxylic acids is 1. The molecule has 5 heteroatoms. The molecule has 0 atom stereocenters. The lowest BCUT2D eigenvalue weighted by Gasteiger charge is -2.08. The largest absolute Gasteiger partial charge is 0.478 e. The third-order valence-electron chi connectivity index (χ3n) is 2.99. The van der Waals surface area contributed by atoms with Crippen LogP contribution in [-0.4, -0.2) is 20.6 Å². The van der Waals surface area contributed by atoms with Crippen LogP contribution in [0.25, 0.3) is 0 Å². The van der Waals surface area contributed by atoms with Crippen LogP contribution in [0.15, 0.2) is 24.5 Å². The van der Waals surface area contributed by atoms with E-state index in [0.717, 1.165) is 17.0 Å². The summed E-state index contributed by atoms with van der Waals surface area (Å²) in [5.41, 5.74) is 3.13. The average Bonchev–Trinajstić information content (AvgIpc) is 2.63. The molecule has 0 aliphatic heterocycles. The van der Waals surface area contributed by atoms with Crippen molar-refractivity contribution >= 4 is 17.6 Å². The molecule has 94 valence electrons. The number of halogens is 1. The molecule has 1 N–H and O–H groups in total. The average molecular weight is 265 g/mol. The van der Waals surface area contributed by atoms with Crippen LogP contribution in [0, 0.1) is 13.8 Å². The molecule has 0 aliphatic rings. The van der Waals surface area contributed by atoms with Crippen molar-refractivity contribution in [1.82, 2.24) is 9.55 Å². The van der Waals surface area contributed by atoms with Crippen LogP contribution in [0.2, 0.25) is 5.02 Å². The number of benzene rings is 1. The summed E-state index contributed by atoms with van der Waals surface area (Å²) in [5.74, 6) is -0.974. The first-order valence-corrected chi connectivity index (χ1v) is 5.87. The van der Waals surface area contributed by atoms with Gasteiger partial charge in [-0.1, -0.05) is 17.7 Å². The van der Waals surface area contributed by atoms with Crippen molar-refractivity contribution in [1.29, 1.82) is 0 Å². The summed E-state index contributed by atoms with van der Waals surface area (Å²) in [6.45, 7) is 4.52. The Morgan fingerprint density at radius 3 is 2.67 bits per heavy atom. The zero-order valence-corrected chi connectivity index (χ0v) is 10.9. The molecule has 0 aliphatic carbocycles. The lowest BCUT2D eigenvalue weighted by Crippen LogP contribution is -2.03. The quantitative estimate of drug-likeness (QED) is 0.927. The molecule has 0 saturated heterocycles. The van der Waals surface area contributed by atoms with Crippen LogP contribution >= 0.6 is 11.6 Å². The molecule has 0 radical (unpaired) electrons. The highest BCUT2D eigenvalue weighted by Gasteiger charge is 2.09. The van der Waals surface area contributed by atoms with Crippen molar-refractivity contribution in [3.63, 3.8) is 0 Å². The molecule has 2 rings (SSSR count). The van der Waals surface area contributed by atoms with Gasteiger partial charge in [-0.25, -0.2) is 9.78 Å². The zero-order valence-electron chi connectivity index (χ0n) is 10.1. The third-order valence-corrected chi connectivity index (χ3v) is 3.34. The Balaban J connectivity index is 2.30. The summed E-state index contributed by atoms with van der Waals surface area (Å²) >= 11 is 6.09. The predicted molar refractivity (Wildman–Crippen MR) is 69.2 cm³/mol. The van der Waals surface area contributed by atoms with E-state index in [-0.39, 0.29) is 5.56 Å². The van der Waals surface area contributed by atoms with Gasteiger partial charge in [-0.2, -0.15) is 0 Å². The van der Waals surface area contributed by atoms with Gasteiger partial charge in [0.2, 0.25) is 0 Å². The molecular weight excluding hydrogens is 252 g/mol. The van der Waals surface area contributed by atoms with Gasteiger partial charge in [0, 0.05) is 10.7 Å². The molecular formula is C13H13ClN2O2. The van der Waals surface area contributed by atoms with Crippen molar-refractivity contribution < 1.29 is 9.90 Å². The van der Waals surface area contributed by atoms with E-state index in [0.29, 0.717) is 11.6 Å². The SMILES string of the molecule is Cc1ncn(Cc2ccc(C(=O)O)cc2Cl)c1C. The van der Waals surface area contributed by atoms with Gasteiger partial charge in [0.25, 0.3) is 0 Å². The number of carboxylic acid groups (broad SMARTS) is 1. The van der Waals surface area contributed by atoms with E-state index in [4.69, 9.17) is 16.7 Å². The lowest BCUT2D eigenvalue weighted by molar-refractivity contribution is 0.0697. The van der Waals surface area contributed by atoms with Crippen LogP contribution in [0.4, 0.5) is 0 Å². The summed E-state index contributed by atoms with van der Waals surface area (Å²) in [6, 6.07) is 4.77. The summed E-state index contributed by atoms with van der Waals surface area (Å²) < 4.78 is 1.98. The fraction of sp³-hybridized carbons (Fsp3) is 0.231. The first-order chi connectivity index (χ1) is 8.49. The van der Waals surface area contributed by atoms with Crippen molar-refractivity contribution in [2.45, 2.75) is 20.4 Å². The Hall–Kier alpha value is -1.81. The van der Waals surface area contributed by atoms with Gasteiger partial charge in [0.1, 0.15) is 0 Å². The second kappa shape index (κ2) is 4.82. The van der Waals surface area contributed by atoms with E-state index in [1.165, 1.54) is 6.07 Å². The second-order valence-corrected chi connectivity index (χ2v) is 4.56. The highest BCUT2D eigenvalue weighted by atomic mass is 35.5. The number of hydrogen-bond acceptors (Lipinski definition) is 2. The van der Waals surface area contributed by atoms with Gasteiger partial charge in [0.15, 0.2) is 0 Å². The summed E-state index contributed by atoms with van der Waals surface area (Å²) in [4.78, 5) is 15.0. The zero-order chi connectivity index (χ0) is 13.3. The van der Waals surface area contributed by atoms with E-state index >= 15 is 0 Å². The minimum absolute atomic E-state index is 0.197. The van der Waals surface area contributed by atoms with Crippen molar-refractivity contribution in [2.75, 3.05) is 0 Å². The number of imidazole rings is 1. The number of carboxylic acids is 1. The number of nitrogens with zero attached hydrogens (tertiary/aromatic N) is 2. The topological polar surface area (TPSA) is 55.1 Å². The van der Waals surface area contributed by atoms with E-state index in [1.807, 2.05) is 18.4 Å². The molecule has 0 fully saturated rings. The number of aryl methyl sites for hydroxylation is 1. The van der Waals surface area contributed by atoms with Crippen molar-refractivity contribution in [3.8, 4) is 0 Å². The Morgan fingerprint density at radius 2 is 2.17 bits per heavy atom. The second-order valence-electron chi connectivity index (χ2n) is 4.15. The highest BCUT2D eigenvalue weighted by Crippen LogP contribution is 2.20. The van der Waals surface area contributed by atoms with Crippen molar-refractivity contribution in [2.24, 2.45) is 0 Å². The number of carbonyl (C=O) groups is 1. The minimum Gasteiger partial charge on any atom is -0.478 e. The summed E-state index contributed by atoms with van der Waals surface area (Å²) in [6.07, 6.45) is 1.76.